The molecule has 0 saturated carbocycles. The van der Waals surface area contributed by atoms with Crippen LogP contribution in [-0.4, -0.2) is 34.3 Å². The van der Waals surface area contributed by atoms with Gasteiger partial charge in [0.25, 0.3) is 0 Å². The van der Waals surface area contributed by atoms with Crippen LogP contribution in [-0.2, 0) is 14.4 Å². The molecule has 1 saturated heterocycles. The molecule has 2 amide bonds. The third-order valence-corrected chi connectivity index (χ3v) is 4.44. The monoisotopic (exact) mass is 297 g/mol. The van der Waals surface area contributed by atoms with Gasteiger partial charge < -0.3 is 5.11 Å². The largest absolute Gasteiger partial charge is 0.481 e. The molecule has 1 aliphatic rings. The van der Waals surface area contributed by atoms with E-state index in [1.54, 1.807) is 6.92 Å². The van der Waals surface area contributed by atoms with Crippen molar-refractivity contribution in [3.63, 3.8) is 0 Å². The molecule has 1 rings (SSSR count). The summed E-state index contributed by atoms with van der Waals surface area (Å²) < 4.78 is 0. The van der Waals surface area contributed by atoms with Gasteiger partial charge in [-0.2, -0.15) is 0 Å². The maximum atomic E-state index is 12.5. The smallest absolute Gasteiger partial charge is 0.308 e. The van der Waals surface area contributed by atoms with E-state index in [2.05, 4.69) is 0 Å². The Hall–Kier alpha value is -1.39. The van der Waals surface area contributed by atoms with E-state index in [0.29, 0.717) is 6.42 Å². The lowest BCUT2D eigenvalue weighted by molar-refractivity contribution is -0.148. The molecular formula is C16H27NO4. The summed E-state index contributed by atoms with van der Waals surface area (Å²) >= 11 is 0. The zero-order valence-electron chi connectivity index (χ0n) is 13.9. The van der Waals surface area contributed by atoms with Crippen LogP contribution in [0.5, 0.6) is 0 Å². The molecule has 1 N–H and O–H groups in total. The number of hydrogen-bond acceptors (Lipinski definition) is 3. The molecule has 2 atom stereocenters. The van der Waals surface area contributed by atoms with Gasteiger partial charge in [0.05, 0.1) is 11.3 Å². The number of hydrogen-bond donors (Lipinski definition) is 1. The number of nitrogens with zero attached hydrogens (tertiary/aromatic N) is 1. The first kappa shape index (κ1) is 17.7. The van der Waals surface area contributed by atoms with Crippen LogP contribution in [0.15, 0.2) is 0 Å². The Balaban J connectivity index is 2.93. The predicted octanol–water partition coefficient (Wildman–Crippen LogP) is 2.54. The molecule has 0 radical (unpaired) electrons. The van der Waals surface area contributed by atoms with Crippen LogP contribution >= 0.6 is 0 Å². The zero-order chi connectivity index (χ0) is 16.6. The normalized spacial score (nSPS) is 24.8. The van der Waals surface area contributed by atoms with Gasteiger partial charge in [-0.15, -0.1) is 0 Å². The highest BCUT2D eigenvalue weighted by Crippen LogP contribution is 2.40. The van der Waals surface area contributed by atoms with E-state index < -0.39 is 17.3 Å². The molecule has 2 unspecified atom stereocenters. The fourth-order valence-electron chi connectivity index (χ4n) is 2.73. The number of rotatable bonds is 5. The Labute approximate surface area is 126 Å². The van der Waals surface area contributed by atoms with Crippen molar-refractivity contribution in [3.8, 4) is 0 Å². The summed E-state index contributed by atoms with van der Waals surface area (Å²) in [5.74, 6) is -2.11. The number of carbonyl (C=O) groups is 3. The molecule has 120 valence electrons. The average molecular weight is 297 g/mol. The molecule has 5 nitrogen and oxygen atoms in total. The summed E-state index contributed by atoms with van der Waals surface area (Å²) in [7, 11) is 0. The third-order valence-electron chi connectivity index (χ3n) is 4.44. The van der Waals surface area contributed by atoms with Crippen molar-refractivity contribution in [2.24, 2.45) is 22.7 Å². The summed E-state index contributed by atoms with van der Waals surface area (Å²) in [5.41, 5.74) is -0.877. The second-order valence-electron chi connectivity index (χ2n) is 7.86. The van der Waals surface area contributed by atoms with E-state index in [1.807, 2.05) is 34.6 Å². The van der Waals surface area contributed by atoms with Gasteiger partial charge in [-0.1, -0.05) is 34.6 Å². The topological polar surface area (TPSA) is 74.7 Å². The van der Waals surface area contributed by atoms with Crippen LogP contribution in [0, 0.1) is 22.7 Å². The molecule has 1 aliphatic heterocycles. The number of carbonyl (C=O) groups excluding carboxylic acids is 2. The Morgan fingerprint density at radius 3 is 2.19 bits per heavy atom. The first-order chi connectivity index (χ1) is 9.38. The minimum Gasteiger partial charge on any atom is -0.481 e. The van der Waals surface area contributed by atoms with Gasteiger partial charge in [-0.3, -0.25) is 19.3 Å². The maximum Gasteiger partial charge on any atom is 0.308 e. The molecule has 1 heterocycles. The van der Waals surface area contributed by atoms with Crippen LogP contribution in [0.2, 0.25) is 0 Å². The van der Waals surface area contributed by atoms with Gasteiger partial charge in [0.2, 0.25) is 11.8 Å². The van der Waals surface area contributed by atoms with E-state index in [0.717, 1.165) is 4.90 Å². The number of imide groups is 1. The first-order valence-electron chi connectivity index (χ1n) is 7.46. The number of carboxylic acids is 1. The van der Waals surface area contributed by atoms with Crippen molar-refractivity contribution in [1.82, 2.24) is 4.90 Å². The summed E-state index contributed by atoms with van der Waals surface area (Å²) in [5, 5.41) is 9.36. The van der Waals surface area contributed by atoms with Gasteiger partial charge in [-0.05, 0) is 24.7 Å². The fourth-order valence-corrected chi connectivity index (χ4v) is 2.73. The van der Waals surface area contributed by atoms with Crippen molar-refractivity contribution in [2.45, 2.75) is 54.4 Å². The average Bonchev–Trinajstić information content (AvgIpc) is 2.51. The molecule has 0 bridgehead atoms. The van der Waals surface area contributed by atoms with Crippen LogP contribution in [0.3, 0.4) is 0 Å². The van der Waals surface area contributed by atoms with E-state index in [9.17, 15) is 19.5 Å². The second kappa shape index (κ2) is 5.78. The molecule has 0 spiro atoms. The summed E-state index contributed by atoms with van der Waals surface area (Å²) in [6.07, 6.45) is 0.600. The van der Waals surface area contributed by atoms with Crippen molar-refractivity contribution >= 4 is 17.8 Å². The number of likely N-dealkylation sites (tertiary alicyclic amines) is 1. The first-order valence-corrected chi connectivity index (χ1v) is 7.46. The Morgan fingerprint density at radius 2 is 1.86 bits per heavy atom. The molecule has 21 heavy (non-hydrogen) atoms. The summed E-state index contributed by atoms with van der Waals surface area (Å²) in [6, 6.07) is 0. The lowest BCUT2D eigenvalue weighted by atomic mass is 9.78. The van der Waals surface area contributed by atoms with Crippen LogP contribution in [0.25, 0.3) is 0 Å². The van der Waals surface area contributed by atoms with Gasteiger partial charge >= 0.3 is 5.97 Å². The predicted molar refractivity (Wildman–Crippen MR) is 79.5 cm³/mol. The van der Waals surface area contributed by atoms with E-state index >= 15 is 0 Å². The maximum absolute atomic E-state index is 12.5. The summed E-state index contributed by atoms with van der Waals surface area (Å²) in [6.45, 7) is 11.5. The highest BCUT2D eigenvalue weighted by molar-refractivity contribution is 6.06. The molecular weight excluding hydrogens is 270 g/mol. The van der Waals surface area contributed by atoms with E-state index in [1.165, 1.54) is 0 Å². The minimum atomic E-state index is -0.955. The van der Waals surface area contributed by atoms with E-state index in [4.69, 9.17) is 0 Å². The van der Waals surface area contributed by atoms with Gasteiger partial charge in [0.15, 0.2) is 0 Å². The van der Waals surface area contributed by atoms with Crippen LogP contribution in [0.1, 0.15) is 54.4 Å². The Morgan fingerprint density at radius 1 is 1.33 bits per heavy atom. The van der Waals surface area contributed by atoms with Gasteiger partial charge in [-0.25, -0.2) is 0 Å². The van der Waals surface area contributed by atoms with Crippen LogP contribution < -0.4 is 0 Å². The molecule has 5 heteroatoms. The minimum absolute atomic E-state index is 0.0213. The zero-order valence-corrected chi connectivity index (χ0v) is 13.9. The number of amides is 2. The standard InChI is InChI=1S/C16H27NO4/c1-10(2)16(6)8-12(18)17(14(16)21)9-11(13(19)20)7-15(3,4)5/h10-11H,7-9H2,1-6H3,(H,19,20). The van der Waals surface area contributed by atoms with Gasteiger partial charge in [0.1, 0.15) is 0 Å². The number of carboxylic acid groups (broad SMARTS) is 1. The lowest BCUT2D eigenvalue weighted by Gasteiger charge is -2.29. The molecule has 0 aliphatic carbocycles. The number of aliphatic carboxylic acids is 1. The second-order valence-corrected chi connectivity index (χ2v) is 7.86. The molecule has 0 aromatic heterocycles. The Kier molecular flexibility index (Phi) is 4.86. The Bertz CT molecular complexity index is 450. The third kappa shape index (κ3) is 3.83. The SMILES string of the molecule is CC(C)C1(C)CC(=O)N(CC(CC(C)(C)C)C(=O)O)C1=O. The molecule has 1 fully saturated rings. The van der Waals surface area contributed by atoms with Crippen LogP contribution in [0.4, 0.5) is 0 Å². The molecule has 0 aromatic rings. The lowest BCUT2D eigenvalue weighted by Crippen LogP contribution is -2.41. The summed E-state index contributed by atoms with van der Waals surface area (Å²) in [4.78, 5) is 37.2. The quantitative estimate of drug-likeness (QED) is 0.791. The van der Waals surface area contributed by atoms with E-state index in [-0.39, 0.29) is 36.1 Å². The van der Waals surface area contributed by atoms with Crippen molar-refractivity contribution in [1.29, 1.82) is 0 Å². The molecule has 0 aromatic carbocycles. The van der Waals surface area contributed by atoms with Gasteiger partial charge in [0, 0.05) is 13.0 Å². The van der Waals surface area contributed by atoms with Crippen molar-refractivity contribution in [2.75, 3.05) is 6.54 Å². The van der Waals surface area contributed by atoms with Crippen molar-refractivity contribution < 1.29 is 19.5 Å². The highest BCUT2D eigenvalue weighted by Gasteiger charge is 2.50. The highest BCUT2D eigenvalue weighted by atomic mass is 16.4. The van der Waals surface area contributed by atoms with Crippen molar-refractivity contribution in [3.05, 3.63) is 0 Å². The fraction of sp³-hybridized carbons (Fsp3) is 0.812.